The third kappa shape index (κ3) is 4.45. The zero-order chi connectivity index (χ0) is 19.8. The molecule has 1 aromatic carbocycles. The molecule has 0 saturated carbocycles. The van der Waals surface area contributed by atoms with Gasteiger partial charge >= 0.3 is 0 Å². The molecule has 0 aliphatic carbocycles. The SMILES string of the molecule is Cl.Cn1cnnc1Sc1ccc(C(=O)N2CCC(N)C(C)(C)C2)cc1[N+](=O)[O-]. The van der Waals surface area contributed by atoms with Gasteiger partial charge in [0, 0.05) is 37.8 Å². The van der Waals surface area contributed by atoms with Crippen LogP contribution in [0.2, 0.25) is 0 Å². The van der Waals surface area contributed by atoms with Crippen LogP contribution in [0.4, 0.5) is 5.69 Å². The quantitative estimate of drug-likeness (QED) is 0.588. The van der Waals surface area contributed by atoms with Crippen molar-refractivity contribution in [2.45, 2.75) is 36.4 Å². The summed E-state index contributed by atoms with van der Waals surface area (Å²) in [5, 5.41) is 19.8. The summed E-state index contributed by atoms with van der Waals surface area (Å²) < 4.78 is 1.67. The van der Waals surface area contributed by atoms with Crippen molar-refractivity contribution in [1.29, 1.82) is 0 Å². The Hall–Kier alpha value is -2.17. The summed E-state index contributed by atoms with van der Waals surface area (Å²) in [5.74, 6) is -0.215. The molecule has 0 bridgehead atoms. The summed E-state index contributed by atoms with van der Waals surface area (Å²) in [6, 6.07) is 4.57. The minimum absolute atomic E-state index is 0. The van der Waals surface area contributed by atoms with Crippen LogP contribution >= 0.6 is 24.2 Å². The van der Waals surface area contributed by atoms with Gasteiger partial charge in [-0.2, -0.15) is 0 Å². The zero-order valence-corrected chi connectivity index (χ0v) is 17.5. The maximum Gasteiger partial charge on any atom is 0.284 e. The molecule has 0 radical (unpaired) electrons. The molecule has 3 rings (SSSR count). The highest BCUT2D eigenvalue weighted by molar-refractivity contribution is 7.99. The van der Waals surface area contributed by atoms with E-state index < -0.39 is 4.92 Å². The summed E-state index contributed by atoms with van der Waals surface area (Å²) in [7, 11) is 1.76. The number of benzene rings is 1. The Balaban J connectivity index is 0.00000280. The maximum atomic E-state index is 12.9. The van der Waals surface area contributed by atoms with Crippen molar-refractivity contribution in [3.8, 4) is 0 Å². The molecule has 1 saturated heterocycles. The second-order valence-electron chi connectivity index (χ2n) is 7.38. The van der Waals surface area contributed by atoms with Crippen molar-refractivity contribution in [2.24, 2.45) is 18.2 Å². The van der Waals surface area contributed by atoms with Gasteiger partial charge in [-0.1, -0.05) is 13.8 Å². The summed E-state index contributed by atoms with van der Waals surface area (Å²) in [6.45, 7) is 5.13. The van der Waals surface area contributed by atoms with Crippen LogP contribution in [0.3, 0.4) is 0 Å². The molecule has 11 heteroatoms. The van der Waals surface area contributed by atoms with Gasteiger partial charge in [-0.3, -0.25) is 14.9 Å². The van der Waals surface area contributed by atoms with E-state index >= 15 is 0 Å². The van der Waals surface area contributed by atoms with Crippen molar-refractivity contribution in [3.63, 3.8) is 0 Å². The molecule has 1 aliphatic rings. The van der Waals surface area contributed by atoms with Crippen LogP contribution < -0.4 is 5.73 Å². The third-order valence-corrected chi connectivity index (χ3v) is 5.99. The van der Waals surface area contributed by atoms with Gasteiger partial charge in [0.2, 0.25) is 0 Å². The number of carbonyl (C=O) groups is 1. The number of likely N-dealkylation sites (tertiary alicyclic amines) is 1. The number of halogens is 1. The predicted octanol–water partition coefficient (Wildman–Crippen LogP) is 2.50. The standard InChI is InChI=1S/C17H22N6O3S.ClH/c1-17(2)9-22(7-6-14(17)18)15(24)11-4-5-13(12(8-11)23(25)26)27-16-20-19-10-21(16)3;/h4-5,8,10,14H,6-7,9,18H2,1-3H3;1H. The average molecular weight is 427 g/mol. The Morgan fingerprint density at radius 3 is 2.71 bits per heavy atom. The Bertz CT molecular complexity index is 888. The predicted molar refractivity (Wildman–Crippen MR) is 108 cm³/mol. The highest BCUT2D eigenvalue weighted by Crippen LogP contribution is 2.35. The minimum Gasteiger partial charge on any atom is -0.338 e. The Kier molecular flexibility index (Phi) is 6.68. The molecule has 0 spiro atoms. The van der Waals surface area contributed by atoms with Crippen molar-refractivity contribution in [1.82, 2.24) is 19.7 Å². The lowest BCUT2D eigenvalue weighted by Gasteiger charge is -2.42. The van der Waals surface area contributed by atoms with E-state index in [-0.39, 0.29) is 35.5 Å². The van der Waals surface area contributed by atoms with Crippen LogP contribution in [-0.2, 0) is 7.05 Å². The number of nitrogens with zero attached hydrogens (tertiary/aromatic N) is 5. The smallest absolute Gasteiger partial charge is 0.284 e. The molecular weight excluding hydrogens is 404 g/mol. The molecule has 2 heterocycles. The van der Waals surface area contributed by atoms with Gasteiger partial charge in [0.05, 0.1) is 9.82 Å². The number of hydrogen-bond donors (Lipinski definition) is 1. The zero-order valence-electron chi connectivity index (χ0n) is 15.9. The molecule has 28 heavy (non-hydrogen) atoms. The van der Waals surface area contributed by atoms with E-state index in [2.05, 4.69) is 10.2 Å². The third-order valence-electron chi connectivity index (χ3n) is 4.87. The summed E-state index contributed by atoms with van der Waals surface area (Å²) in [4.78, 5) is 26.1. The number of nitro groups is 1. The van der Waals surface area contributed by atoms with E-state index in [1.807, 2.05) is 13.8 Å². The topological polar surface area (TPSA) is 120 Å². The van der Waals surface area contributed by atoms with Gasteiger partial charge in [0.25, 0.3) is 11.6 Å². The summed E-state index contributed by atoms with van der Waals surface area (Å²) in [5.41, 5.74) is 6.12. The minimum atomic E-state index is -0.481. The van der Waals surface area contributed by atoms with E-state index in [9.17, 15) is 14.9 Å². The van der Waals surface area contributed by atoms with Crippen LogP contribution in [0.15, 0.2) is 34.6 Å². The molecule has 2 N–H and O–H groups in total. The lowest BCUT2D eigenvalue weighted by Crippen LogP contribution is -2.54. The van der Waals surface area contributed by atoms with Crippen LogP contribution in [0.25, 0.3) is 0 Å². The van der Waals surface area contributed by atoms with Gasteiger partial charge in [-0.25, -0.2) is 0 Å². The number of nitrogens with two attached hydrogens (primary N) is 1. The number of aromatic nitrogens is 3. The number of hydrogen-bond acceptors (Lipinski definition) is 7. The summed E-state index contributed by atoms with van der Waals surface area (Å²) in [6.07, 6.45) is 2.23. The monoisotopic (exact) mass is 426 g/mol. The van der Waals surface area contributed by atoms with Crippen molar-refractivity contribution in [2.75, 3.05) is 13.1 Å². The lowest BCUT2D eigenvalue weighted by atomic mass is 9.79. The number of nitro benzene ring substituents is 1. The van der Waals surface area contributed by atoms with Crippen LogP contribution in [0.1, 0.15) is 30.6 Å². The Morgan fingerprint density at radius 2 is 2.14 bits per heavy atom. The lowest BCUT2D eigenvalue weighted by molar-refractivity contribution is -0.387. The second-order valence-corrected chi connectivity index (χ2v) is 8.39. The fourth-order valence-corrected chi connectivity index (χ4v) is 3.92. The van der Waals surface area contributed by atoms with Crippen LogP contribution in [0, 0.1) is 15.5 Å². The van der Waals surface area contributed by atoms with Crippen molar-refractivity contribution < 1.29 is 9.72 Å². The van der Waals surface area contributed by atoms with Gasteiger partial charge in [0.1, 0.15) is 6.33 Å². The molecule has 1 aliphatic heterocycles. The van der Waals surface area contributed by atoms with E-state index in [0.29, 0.717) is 35.1 Å². The molecule has 152 valence electrons. The highest BCUT2D eigenvalue weighted by atomic mass is 35.5. The molecule has 1 unspecified atom stereocenters. The fraction of sp³-hybridized carbons (Fsp3) is 0.471. The molecule has 1 atom stereocenters. The fourth-order valence-electron chi connectivity index (χ4n) is 3.07. The first-order valence-corrected chi connectivity index (χ1v) is 9.36. The molecular formula is C17H23ClN6O3S. The molecule has 2 aromatic rings. The Morgan fingerprint density at radius 1 is 1.43 bits per heavy atom. The highest BCUT2D eigenvalue weighted by Gasteiger charge is 2.36. The second kappa shape index (κ2) is 8.46. The largest absolute Gasteiger partial charge is 0.338 e. The molecule has 1 fully saturated rings. The first-order chi connectivity index (χ1) is 12.7. The van der Waals surface area contributed by atoms with Crippen LogP contribution in [-0.4, -0.2) is 49.6 Å². The van der Waals surface area contributed by atoms with Crippen molar-refractivity contribution >= 4 is 35.8 Å². The van der Waals surface area contributed by atoms with Gasteiger partial charge in [0.15, 0.2) is 5.16 Å². The van der Waals surface area contributed by atoms with Gasteiger partial charge < -0.3 is 15.2 Å². The van der Waals surface area contributed by atoms with Crippen LogP contribution in [0.5, 0.6) is 0 Å². The molecule has 1 amide bonds. The van der Waals surface area contributed by atoms with Gasteiger partial charge in [-0.15, -0.1) is 22.6 Å². The first-order valence-electron chi connectivity index (χ1n) is 8.54. The number of rotatable bonds is 4. The van der Waals surface area contributed by atoms with E-state index in [1.54, 1.807) is 28.6 Å². The first kappa shape index (κ1) is 22.1. The molecule has 9 nitrogen and oxygen atoms in total. The van der Waals surface area contributed by atoms with Gasteiger partial charge in [-0.05, 0) is 35.7 Å². The number of amides is 1. The van der Waals surface area contributed by atoms with E-state index in [4.69, 9.17) is 5.73 Å². The number of piperidine rings is 1. The number of aryl methyl sites for hydroxylation is 1. The number of carbonyl (C=O) groups excluding carboxylic acids is 1. The van der Waals surface area contributed by atoms with E-state index in [1.165, 1.54) is 12.4 Å². The molecule has 1 aromatic heterocycles. The normalized spacial score (nSPS) is 18.4. The Labute approximate surface area is 173 Å². The van der Waals surface area contributed by atoms with Crippen molar-refractivity contribution in [3.05, 3.63) is 40.2 Å². The summed E-state index contributed by atoms with van der Waals surface area (Å²) >= 11 is 1.14. The van der Waals surface area contributed by atoms with E-state index in [0.717, 1.165) is 11.8 Å². The average Bonchev–Trinajstić information content (AvgIpc) is 3.01. The maximum absolute atomic E-state index is 12.9.